The summed E-state index contributed by atoms with van der Waals surface area (Å²) in [6.45, 7) is 1.47. The molecule has 0 saturated carbocycles. The molecule has 0 spiro atoms. The smallest absolute Gasteiger partial charge is 0.254 e. The minimum Gasteiger partial charge on any atom is -0.378 e. The van der Waals surface area contributed by atoms with Gasteiger partial charge < -0.3 is 9.64 Å². The number of ketones is 1. The van der Waals surface area contributed by atoms with Gasteiger partial charge in [0.15, 0.2) is 11.8 Å². The summed E-state index contributed by atoms with van der Waals surface area (Å²) in [7, 11) is 0. The number of hydrogen-bond donors (Lipinski definition) is 0. The number of benzene rings is 1. The molecule has 0 N–H and O–H groups in total. The number of morpholine rings is 1. The molecule has 0 unspecified atom stereocenters. The van der Waals surface area contributed by atoms with Gasteiger partial charge in [-0.25, -0.2) is 4.39 Å². The average molecular weight is 344 g/mol. The maximum Gasteiger partial charge on any atom is 0.254 e. The van der Waals surface area contributed by atoms with E-state index in [0.29, 0.717) is 26.3 Å². The number of hydrogen-bond acceptors (Lipinski definition) is 4. The van der Waals surface area contributed by atoms with Crippen molar-refractivity contribution in [2.45, 2.75) is 6.04 Å². The van der Waals surface area contributed by atoms with Crippen molar-refractivity contribution in [1.82, 2.24) is 9.47 Å². The highest BCUT2D eigenvalue weighted by Gasteiger charge is 2.34. The monoisotopic (exact) mass is 344 g/mol. The quantitative estimate of drug-likeness (QED) is 0.619. The molecule has 1 aliphatic rings. The molecule has 2 aromatic rings. The van der Waals surface area contributed by atoms with Crippen LogP contribution in [0.25, 0.3) is 0 Å². The Balaban J connectivity index is 2.00. The molecule has 2 heterocycles. The standard InChI is InChI=1S/C18H17FN2O4/c19-14-6-4-13(5-7-14)17(23)16(21-8-2-1-3-15(21)22)18(24)20-9-11-25-12-10-20/h1-8,16H,9-12H2/t16-/m1/s1. The summed E-state index contributed by atoms with van der Waals surface area (Å²) in [4.78, 5) is 39.6. The number of carbonyl (C=O) groups is 2. The van der Waals surface area contributed by atoms with Crippen LogP contribution in [0.1, 0.15) is 16.4 Å². The highest BCUT2D eigenvalue weighted by molar-refractivity contribution is 6.11. The lowest BCUT2D eigenvalue weighted by Crippen LogP contribution is -2.48. The third-order valence-corrected chi connectivity index (χ3v) is 4.06. The second-order valence-electron chi connectivity index (χ2n) is 5.66. The van der Waals surface area contributed by atoms with Crippen LogP contribution in [0.4, 0.5) is 4.39 Å². The first-order chi connectivity index (χ1) is 12.1. The summed E-state index contributed by atoms with van der Waals surface area (Å²) in [5, 5.41) is 0. The highest BCUT2D eigenvalue weighted by Crippen LogP contribution is 2.18. The molecule has 25 heavy (non-hydrogen) atoms. The van der Waals surface area contributed by atoms with Crippen molar-refractivity contribution in [1.29, 1.82) is 0 Å². The summed E-state index contributed by atoms with van der Waals surface area (Å²) in [5.41, 5.74) is -0.284. The van der Waals surface area contributed by atoms with Crippen LogP contribution >= 0.6 is 0 Å². The van der Waals surface area contributed by atoms with E-state index in [1.54, 1.807) is 6.07 Å². The van der Waals surface area contributed by atoms with E-state index >= 15 is 0 Å². The van der Waals surface area contributed by atoms with E-state index < -0.39 is 29.1 Å². The van der Waals surface area contributed by atoms with Crippen LogP contribution in [-0.4, -0.2) is 47.5 Å². The Labute approximate surface area is 143 Å². The van der Waals surface area contributed by atoms with Gasteiger partial charge in [-0.2, -0.15) is 0 Å². The summed E-state index contributed by atoms with van der Waals surface area (Å²) in [6, 6.07) is 8.01. The molecular formula is C18H17FN2O4. The average Bonchev–Trinajstić information content (AvgIpc) is 2.64. The predicted molar refractivity (Wildman–Crippen MR) is 87.9 cm³/mol. The fourth-order valence-electron chi connectivity index (χ4n) is 2.74. The molecule has 0 bridgehead atoms. The maximum absolute atomic E-state index is 13.1. The normalized spacial score (nSPS) is 15.6. The second-order valence-corrected chi connectivity index (χ2v) is 5.66. The Morgan fingerprint density at radius 1 is 1.04 bits per heavy atom. The van der Waals surface area contributed by atoms with E-state index in [2.05, 4.69) is 0 Å². The predicted octanol–water partition coefficient (Wildman–Crippen LogP) is 1.27. The zero-order valence-corrected chi connectivity index (χ0v) is 13.4. The lowest BCUT2D eigenvalue weighted by molar-refractivity contribution is -0.137. The first-order valence-corrected chi connectivity index (χ1v) is 7.91. The largest absolute Gasteiger partial charge is 0.378 e. The van der Waals surface area contributed by atoms with Gasteiger partial charge in [-0.05, 0) is 30.3 Å². The van der Waals surface area contributed by atoms with Crippen molar-refractivity contribution in [3.8, 4) is 0 Å². The van der Waals surface area contributed by atoms with Gasteiger partial charge in [0.1, 0.15) is 5.82 Å². The molecule has 130 valence electrons. The minimum atomic E-state index is -1.32. The lowest BCUT2D eigenvalue weighted by Gasteiger charge is -2.30. The van der Waals surface area contributed by atoms with Gasteiger partial charge in [-0.3, -0.25) is 19.0 Å². The molecule has 1 aromatic heterocycles. The summed E-state index contributed by atoms with van der Waals surface area (Å²) >= 11 is 0. The fraction of sp³-hybridized carbons (Fsp3) is 0.278. The Bertz CT molecular complexity index is 825. The number of halogens is 1. The van der Waals surface area contributed by atoms with Crippen LogP contribution in [0.15, 0.2) is 53.5 Å². The topological polar surface area (TPSA) is 68.6 Å². The summed E-state index contributed by atoms with van der Waals surface area (Å²) in [5.74, 6) is -1.50. The first-order valence-electron chi connectivity index (χ1n) is 7.91. The molecule has 0 radical (unpaired) electrons. The number of rotatable bonds is 4. The van der Waals surface area contributed by atoms with Gasteiger partial charge in [-0.15, -0.1) is 0 Å². The SMILES string of the molecule is O=C(c1ccc(F)cc1)[C@H](C(=O)N1CCOCC1)n1ccccc1=O. The lowest BCUT2D eigenvalue weighted by atomic mass is 10.0. The molecule has 1 fully saturated rings. The molecule has 7 heteroatoms. The van der Waals surface area contributed by atoms with Gasteiger partial charge in [0.25, 0.3) is 11.5 Å². The molecule has 1 saturated heterocycles. The second kappa shape index (κ2) is 7.40. The number of amides is 1. The highest BCUT2D eigenvalue weighted by atomic mass is 19.1. The molecule has 1 aliphatic heterocycles. The van der Waals surface area contributed by atoms with Gasteiger partial charge in [0.05, 0.1) is 13.2 Å². The number of aromatic nitrogens is 1. The number of carbonyl (C=O) groups excluding carboxylic acids is 2. The van der Waals surface area contributed by atoms with Crippen molar-refractivity contribution in [3.05, 3.63) is 70.4 Å². The van der Waals surface area contributed by atoms with Crippen LogP contribution in [0.5, 0.6) is 0 Å². The zero-order chi connectivity index (χ0) is 17.8. The Morgan fingerprint density at radius 3 is 2.36 bits per heavy atom. The van der Waals surface area contributed by atoms with Gasteiger partial charge in [0, 0.05) is 30.9 Å². The van der Waals surface area contributed by atoms with Crippen molar-refractivity contribution < 1.29 is 18.7 Å². The van der Waals surface area contributed by atoms with Crippen LogP contribution in [0.3, 0.4) is 0 Å². The van der Waals surface area contributed by atoms with Crippen molar-refractivity contribution in [2.75, 3.05) is 26.3 Å². The van der Waals surface area contributed by atoms with E-state index in [9.17, 15) is 18.8 Å². The van der Waals surface area contributed by atoms with Crippen molar-refractivity contribution in [3.63, 3.8) is 0 Å². The Morgan fingerprint density at radius 2 is 1.72 bits per heavy atom. The number of pyridine rings is 1. The molecule has 1 amide bonds. The van der Waals surface area contributed by atoms with Crippen LogP contribution < -0.4 is 5.56 Å². The Hall–Kier alpha value is -2.80. The fourth-order valence-corrected chi connectivity index (χ4v) is 2.74. The zero-order valence-electron chi connectivity index (χ0n) is 13.4. The maximum atomic E-state index is 13.1. The van der Waals surface area contributed by atoms with Crippen LogP contribution in [0.2, 0.25) is 0 Å². The molecule has 0 aliphatic carbocycles. The molecular weight excluding hydrogens is 327 g/mol. The van der Waals surface area contributed by atoms with E-state index in [-0.39, 0.29) is 5.56 Å². The van der Waals surface area contributed by atoms with Crippen LogP contribution in [0, 0.1) is 5.82 Å². The first kappa shape index (κ1) is 17.0. The minimum absolute atomic E-state index is 0.170. The van der Waals surface area contributed by atoms with Crippen LogP contribution in [-0.2, 0) is 9.53 Å². The summed E-state index contributed by atoms with van der Waals surface area (Å²) < 4.78 is 19.5. The van der Waals surface area contributed by atoms with E-state index in [1.807, 2.05) is 0 Å². The molecule has 1 aromatic carbocycles. The summed E-state index contributed by atoms with van der Waals surface area (Å²) in [6.07, 6.45) is 1.41. The van der Waals surface area contributed by atoms with Gasteiger partial charge in [-0.1, -0.05) is 6.07 Å². The van der Waals surface area contributed by atoms with Crippen molar-refractivity contribution >= 4 is 11.7 Å². The third kappa shape index (κ3) is 3.66. The van der Waals surface area contributed by atoms with Crippen molar-refractivity contribution in [2.24, 2.45) is 0 Å². The Kier molecular flexibility index (Phi) is 5.04. The number of Topliss-reactive ketones (excluding diaryl/α,β-unsaturated/α-hetero) is 1. The number of ether oxygens (including phenoxy) is 1. The van der Waals surface area contributed by atoms with E-state index in [0.717, 1.165) is 16.7 Å². The molecule has 3 rings (SSSR count). The molecule has 1 atom stereocenters. The van der Waals surface area contributed by atoms with Gasteiger partial charge in [0.2, 0.25) is 0 Å². The molecule has 6 nitrogen and oxygen atoms in total. The third-order valence-electron chi connectivity index (χ3n) is 4.06. The number of nitrogens with zero attached hydrogens (tertiary/aromatic N) is 2. The van der Waals surface area contributed by atoms with E-state index in [4.69, 9.17) is 4.74 Å². The van der Waals surface area contributed by atoms with Gasteiger partial charge >= 0.3 is 0 Å². The van der Waals surface area contributed by atoms with E-state index in [1.165, 1.54) is 35.4 Å².